The van der Waals surface area contributed by atoms with Gasteiger partial charge >= 0.3 is 0 Å². The van der Waals surface area contributed by atoms with Crippen molar-refractivity contribution in [1.29, 1.82) is 0 Å². The summed E-state index contributed by atoms with van der Waals surface area (Å²) in [6.45, 7) is 0. The fourth-order valence-electron chi connectivity index (χ4n) is 2.08. The standard InChI is InChI=1S/C14H7F3/c15-11-6-5-10-12(16)7-8-3-1-2-4-9(8)13(10)14(11)17/h1-7H. The van der Waals surface area contributed by atoms with Crippen molar-refractivity contribution in [3.63, 3.8) is 0 Å². The van der Waals surface area contributed by atoms with Gasteiger partial charge in [0.2, 0.25) is 0 Å². The van der Waals surface area contributed by atoms with Crippen molar-refractivity contribution in [2.24, 2.45) is 0 Å². The third-order valence-electron chi connectivity index (χ3n) is 2.86. The molecule has 17 heavy (non-hydrogen) atoms. The van der Waals surface area contributed by atoms with Crippen molar-refractivity contribution in [2.45, 2.75) is 0 Å². The summed E-state index contributed by atoms with van der Waals surface area (Å²) < 4.78 is 40.7. The Morgan fingerprint density at radius 3 is 2.29 bits per heavy atom. The number of hydrogen-bond acceptors (Lipinski definition) is 0. The highest BCUT2D eigenvalue weighted by molar-refractivity contribution is 6.08. The Hall–Kier alpha value is -2.03. The van der Waals surface area contributed by atoms with Crippen LogP contribution in [0.2, 0.25) is 0 Å². The number of fused-ring (bicyclic) bond motifs is 3. The monoisotopic (exact) mass is 232 g/mol. The molecule has 0 fully saturated rings. The SMILES string of the molecule is Fc1ccc2c(F)cc3ccccc3c2c1F. The maximum absolute atomic E-state index is 13.8. The minimum absolute atomic E-state index is 0.000556. The molecule has 0 N–H and O–H groups in total. The van der Waals surface area contributed by atoms with E-state index in [-0.39, 0.29) is 10.8 Å². The topological polar surface area (TPSA) is 0 Å². The average Bonchev–Trinajstić information content (AvgIpc) is 2.33. The molecule has 0 bridgehead atoms. The first kappa shape index (κ1) is 10.1. The summed E-state index contributed by atoms with van der Waals surface area (Å²) in [6.07, 6.45) is 0. The highest BCUT2D eigenvalue weighted by Gasteiger charge is 2.13. The molecular formula is C14H7F3. The smallest absolute Gasteiger partial charge is 0.167 e. The molecule has 3 aromatic rings. The Bertz CT molecular complexity index is 732. The van der Waals surface area contributed by atoms with E-state index < -0.39 is 17.5 Å². The predicted octanol–water partition coefficient (Wildman–Crippen LogP) is 4.41. The van der Waals surface area contributed by atoms with Gasteiger partial charge in [0.15, 0.2) is 11.6 Å². The minimum atomic E-state index is -1.00. The van der Waals surface area contributed by atoms with Gasteiger partial charge in [0.1, 0.15) is 5.82 Å². The molecule has 0 nitrogen and oxygen atoms in total. The van der Waals surface area contributed by atoms with Crippen LogP contribution in [0.25, 0.3) is 21.5 Å². The first-order valence-corrected chi connectivity index (χ1v) is 5.13. The Morgan fingerprint density at radius 1 is 0.706 bits per heavy atom. The van der Waals surface area contributed by atoms with Crippen LogP contribution >= 0.6 is 0 Å². The fourth-order valence-corrected chi connectivity index (χ4v) is 2.08. The molecule has 0 aliphatic rings. The lowest BCUT2D eigenvalue weighted by atomic mass is 10.0. The summed E-state index contributed by atoms with van der Waals surface area (Å²) in [7, 11) is 0. The zero-order chi connectivity index (χ0) is 12.0. The first-order valence-electron chi connectivity index (χ1n) is 5.13. The molecule has 0 atom stereocenters. The average molecular weight is 232 g/mol. The Labute approximate surface area is 95.3 Å². The van der Waals surface area contributed by atoms with Gasteiger partial charge in [-0.25, -0.2) is 13.2 Å². The largest absolute Gasteiger partial charge is 0.206 e. The van der Waals surface area contributed by atoms with Crippen LogP contribution in [-0.4, -0.2) is 0 Å². The maximum Gasteiger partial charge on any atom is 0.167 e. The van der Waals surface area contributed by atoms with Crippen LogP contribution < -0.4 is 0 Å². The molecule has 0 spiro atoms. The molecule has 3 aromatic carbocycles. The van der Waals surface area contributed by atoms with E-state index >= 15 is 0 Å². The van der Waals surface area contributed by atoms with E-state index in [4.69, 9.17) is 0 Å². The van der Waals surface area contributed by atoms with E-state index in [9.17, 15) is 13.2 Å². The van der Waals surface area contributed by atoms with Gasteiger partial charge in [0.05, 0.1) is 0 Å². The van der Waals surface area contributed by atoms with Crippen molar-refractivity contribution < 1.29 is 13.2 Å². The van der Waals surface area contributed by atoms with Gasteiger partial charge in [-0.05, 0) is 29.0 Å². The predicted molar refractivity (Wildman–Crippen MR) is 61.3 cm³/mol. The van der Waals surface area contributed by atoms with E-state index in [2.05, 4.69) is 0 Å². The van der Waals surface area contributed by atoms with Gasteiger partial charge in [0, 0.05) is 10.8 Å². The van der Waals surface area contributed by atoms with Crippen molar-refractivity contribution in [3.05, 3.63) is 59.9 Å². The third kappa shape index (κ3) is 1.39. The first-order chi connectivity index (χ1) is 8.18. The van der Waals surface area contributed by atoms with E-state index in [1.165, 1.54) is 12.1 Å². The molecule has 0 saturated carbocycles. The van der Waals surface area contributed by atoms with Crippen LogP contribution in [0.5, 0.6) is 0 Å². The number of halogens is 3. The quantitative estimate of drug-likeness (QED) is 0.503. The minimum Gasteiger partial charge on any atom is -0.206 e. The van der Waals surface area contributed by atoms with Crippen molar-refractivity contribution in [2.75, 3.05) is 0 Å². The molecule has 3 heteroatoms. The Balaban J connectivity index is 2.67. The van der Waals surface area contributed by atoms with Crippen molar-refractivity contribution in [3.8, 4) is 0 Å². The molecule has 0 amide bonds. The zero-order valence-corrected chi connectivity index (χ0v) is 8.68. The molecule has 0 aliphatic carbocycles. The second-order valence-corrected chi connectivity index (χ2v) is 3.86. The number of hydrogen-bond donors (Lipinski definition) is 0. The molecule has 0 aliphatic heterocycles. The summed E-state index contributed by atoms with van der Waals surface area (Å²) in [6, 6.07) is 10.3. The maximum atomic E-state index is 13.8. The highest BCUT2D eigenvalue weighted by Crippen LogP contribution is 2.30. The van der Waals surface area contributed by atoms with E-state index in [0.717, 1.165) is 6.07 Å². The third-order valence-corrected chi connectivity index (χ3v) is 2.86. The number of rotatable bonds is 0. The van der Waals surface area contributed by atoms with Crippen LogP contribution in [-0.2, 0) is 0 Å². The number of benzene rings is 3. The Morgan fingerprint density at radius 2 is 1.47 bits per heavy atom. The van der Waals surface area contributed by atoms with Crippen molar-refractivity contribution >= 4 is 21.5 Å². The molecule has 0 aromatic heterocycles. The van der Waals surface area contributed by atoms with Crippen LogP contribution in [0.3, 0.4) is 0 Å². The normalized spacial score (nSPS) is 11.2. The molecule has 3 rings (SSSR count). The lowest BCUT2D eigenvalue weighted by molar-refractivity contribution is 0.517. The van der Waals surface area contributed by atoms with E-state index in [1.807, 2.05) is 0 Å². The lowest BCUT2D eigenvalue weighted by Gasteiger charge is -2.06. The van der Waals surface area contributed by atoms with Gasteiger partial charge in [-0.15, -0.1) is 0 Å². The summed E-state index contributed by atoms with van der Waals surface area (Å²) in [5.74, 6) is -2.51. The second kappa shape index (κ2) is 3.48. The van der Waals surface area contributed by atoms with Crippen LogP contribution in [0.15, 0.2) is 42.5 Å². The fraction of sp³-hybridized carbons (Fsp3) is 0. The summed E-state index contributed by atoms with van der Waals surface area (Å²) in [5.41, 5.74) is 0. The summed E-state index contributed by atoms with van der Waals surface area (Å²) >= 11 is 0. The second-order valence-electron chi connectivity index (χ2n) is 3.86. The van der Waals surface area contributed by atoms with Gasteiger partial charge in [-0.3, -0.25) is 0 Å². The van der Waals surface area contributed by atoms with Gasteiger partial charge < -0.3 is 0 Å². The molecular weight excluding hydrogens is 225 g/mol. The van der Waals surface area contributed by atoms with E-state index in [1.54, 1.807) is 24.3 Å². The molecule has 0 heterocycles. The highest BCUT2D eigenvalue weighted by atomic mass is 19.2. The van der Waals surface area contributed by atoms with E-state index in [0.29, 0.717) is 10.8 Å². The van der Waals surface area contributed by atoms with Gasteiger partial charge in [0.25, 0.3) is 0 Å². The summed E-state index contributed by atoms with van der Waals surface area (Å²) in [4.78, 5) is 0. The molecule has 0 saturated heterocycles. The lowest BCUT2D eigenvalue weighted by Crippen LogP contribution is -1.90. The molecule has 84 valence electrons. The van der Waals surface area contributed by atoms with Gasteiger partial charge in [-0.1, -0.05) is 24.3 Å². The van der Waals surface area contributed by atoms with Gasteiger partial charge in [-0.2, -0.15) is 0 Å². The Kier molecular flexibility index (Phi) is 2.08. The molecule has 0 unspecified atom stereocenters. The van der Waals surface area contributed by atoms with Crippen LogP contribution in [0, 0.1) is 17.5 Å². The summed E-state index contributed by atoms with van der Waals surface area (Å²) in [5, 5.41) is 1.17. The van der Waals surface area contributed by atoms with Crippen LogP contribution in [0.1, 0.15) is 0 Å². The molecule has 0 radical (unpaired) electrons. The van der Waals surface area contributed by atoms with Crippen molar-refractivity contribution in [1.82, 2.24) is 0 Å². The van der Waals surface area contributed by atoms with Crippen LogP contribution in [0.4, 0.5) is 13.2 Å². The zero-order valence-electron chi connectivity index (χ0n) is 8.68.